The third kappa shape index (κ3) is 5.15. The highest BCUT2D eigenvalue weighted by Gasteiger charge is 2.21. The van der Waals surface area contributed by atoms with Gasteiger partial charge in [0.1, 0.15) is 0 Å². The fourth-order valence-electron chi connectivity index (χ4n) is 3.95. The number of carbonyl (C=O) groups excluding carboxylic acids is 1. The molecule has 2 heterocycles. The maximum absolute atomic E-state index is 12.6. The number of amides is 1. The van der Waals surface area contributed by atoms with Crippen LogP contribution in [0.4, 0.5) is 0 Å². The molecule has 0 bridgehead atoms. The molecule has 1 fully saturated rings. The van der Waals surface area contributed by atoms with Crippen LogP contribution in [0, 0.1) is 19.8 Å². The van der Waals surface area contributed by atoms with Gasteiger partial charge in [-0.05, 0) is 80.8 Å². The van der Waals surface area contributed by atoms with Crippen LogP contribution in [0.3, 0.4) is 0 Å². The van der Waals surface area contributed by atoms with Crippen molar-refractivity contribution in [1.82, 2.24) is 25.1 Å². The summed E-state index contributed by atoms with van der Waals surface area (Å²) in [5.74, 6) is 1.90. The smallest absolute Gasteiger partial charge is 0.230 e. The number of benzene rings is 1. The zero-order chi connectivity index (χ0) is 21.8. The molecule has 1 aliphatic carbocycles. The fourth-order valence-corrected chi connectivity index (χ4v) is 4.72. The molecule has 2 aromatic heterocycles. The Hall–Kier alpha value is -2.67. The first kappa shape index (κ1) is 21.6. The molecule has 0 saturated heterocycles. The van der Waals surface area contributed by atoms with Crippen LogP contribution in [0.5, 0.6) is 0 Å². The second-order valence-electron chi connectivity index (χ2n) is 8.46. The minimum absolute atomic E-state index is 0.0599. The molecule has 0 atom stereocenters. The molecule has 0 spiro atoms. The summed E-state index contributed by atoms with van der Waals surface area (Å²) in [5.41, 5.74) is 4.36. The van der Waals surface area contributed by atoms with Gasteiger partial charge in [0, 0.05) is 24.0 Å². The molecular weight excluding hydrogens is 406 g/mol. The maximum Gasteiger partial charge on any atom is 0.230 e. The van der Waals surface area contributed by atoms with Crippen LogP contribution in [0.1, 0.15) is 43.7 Å². The summed E-state index contributed by atoms with van der Waals surface area (Å²) >= 11 is 1.43. The standard InChI is InChI=1S/C24H29N5OS/c1-16-4-7-20(8-5-16)26-22(30)15-31-24-28-27-23(19-10-12-25-13-11-19)29(24)21-9-6-17(2)18(3)14-21/h6,9-14,16,20H,4-5,7-8,15H2,1-3H3,(H,26,30). The first-order valence-electron chi connectivity index (χ1n) is 10.9. The van der Waals surface area contributed by atoms with Gasteiger partial charge in [-0.1, -0.05) is 24.8 Å². The van der Waals surface area contributed by atoms with Gasteiger partial charge in [-0.3, -0.25) is 14.3 Å². The lowest BCUT2D eigenvalue weighted by Gasteiger charge is -2.26. The summed E-state index contributed by atoms with van der Waals surface area (Å²) in [6.45, 7) is 6.48. The molecule has 0 unspecified atom stereocenters. The van der Waals surface area contributed by atoms with E-state index < -0.39 is 0 Å². The van der Waals surface area contributed by atoms with Gasteiger partial charge in [0.25, 0.3) is 0 Å². The van der Waals surface area contributed by atoms with Gasteiger partial charge in [0.15, 0.2) is 11.0 Å². The van der Waals surface area contributed by atoms with Gasteiger partial charge in [-0.25, -0.2) is 0 Å². The molecule has 0 radical (unpaired) electrons. The molecular formula is C24H29N5OS. The predicted molar refractivity (Wildman–Crippen MR) is 124 cm³/mol. The van der Waals surface area contributed by atoms with E-state index in [1.165, 1.54) is 35.7 Å². The third-order valence-corrected chi connectivity index (χ3v) is 6.96. The first-order chi connectivity index (χ1) is 15.0. The van der Waals surface area contributed by atoms with Gasteiger partial charge < -0.3 is 5.32 Å². The van der Waals surface area contributed by atoms with E-state index in [0.717, 1.165) is 35.8 Å². The van der Waals surface area contributed by atoms with Crippen LogP contribution < -0.4 is 5.32 Å². The van der Waals surface area contributed by atoms with Crippen molar-refractivity contribution in [2.45, 2.75) is 57.7 Å². The molecule has 1 aromatic carbocycles. The number of rotatable bonds is 6. The topological polar surface area (TPSA) is 72.7 Å². The van der Waals surface area contributed by atoms with Crippen LogP contribution in [-0.4, -0.2) is 37.5 Å². The summed E-state index contributed by atoms with van der Waals surface area (Å²) in [5, 5.41) is 12.8. The van der Waals surface area contributed by atoms with Gasteiger partial charge in [-0.15, -0.1) is 10.2 Å². The average molecular weight is 436 g/mol. The van der Waals surface area contributed by atoms with E-state index in [4.69, 9.17) is 0 Å². The van der Waals surface area contributed by atoms with E-state index in [2.05, 4.69) is 59.5 Å². The number of pyridine rings is 1. The van der Waals surface area contributed by atoms with Crippen LogP contribution in [0.2, 0.25) is 0 Å². The molecule has 1 amide bonds. The second-order valence-corrected chi connectivity index (χ2v) is 9.40. The minimum atomic E-state index is 0.0599. The molecule has 7 heteroatoms. The summed E-state index contributed by atoms with van der Waals surface area (Å²) in [6, 6.07) is 10.5. The van der Waals surface area contributed by atoms with Crippen molar-refractivity contribution in [1.29, 1.82) is 0 Å². The Labute approximate surface area is 187 Å². The van der Waals surface area contributed by atoms with E-state index in [1.807, 2.05) is 16.7 Å². The molecule has 4 rings (SSSR count). The summed E-state index contributed by atoms with van der Waals surface area (Å²) in [6.07, 6.45) is 8.02. The highest BCUT2D eigenvalue weighted by atomic mass is 32.2. The minimum Gasteiger partial charge on any atom is -0.353 e. The number of nitrogens with one attached hydrogen (secondary N) is 1. The SMILES string of the molecule is Cc1ccc(-n2c(SCC(=O)NC3CCC(C)CC3)nnc2-c2ccncc2)cc1C. The number of thioether (sulfide) groups is 1. The number of hydrogen-bond donors (Lipinski definition) is 1. The van der Waals surface area contributed by atoms with E-state index >= 15 is 0 Å². The van der Waals surface area contributed by atoms with Crippen molar-refractivity contribution in [2.24, 2.45) is 5.92 Å². The van der Waals surface area contributed by atoms with E-state index in [1.54, 1.807) is 12.4 Å². The van der Waals surface area contributed by atoms with Gasteiger partial charge in [-0.2, -0.15) is 0 Å². The maximum atomic E-state index is 12.6. The number of hydrogen-bond acceptors (Lipinski definition) is 5. The third-order valence-electron chi connectivity index (χ3n) is 6.03. The summed E-state index contributed by atoms with van der Waals surface area (Å²) in [4.78, 5) is 16.7. The highest BCUT2D eigenvalue weighted by Crippen LogP contribution is 2.29. The predicted octanol–water partition coefficient (Wildman–Crippen LogP) is 4.73. The van der Waals surface area contributed by atoms with E-state index in [0.29, 0.717) is 17.0 Å². The second kappa shape index (κ2) is 9.64. The molecule has 31 heavy (non-hydrogen) atoms. The number of aryl methyl sites for hydroxylation is 2. The van der Waals surface area contributed by atoms with Crippen LogP contribution in [0.25, 0.3) is 17.1 Å². The van der Waals surface area contributed by atoms with Crippen molar-refractivity contribution in [3.63, 3.8) is 0 Å². The molecule has 1 aliphatic rings. The molecule has 3 aromatic rings. The van der Waals surface area contributed by atoms with Crippen LogP contribution in [0.15, 0.2) is 47.9 Å². The Kier molecular flexibility index (Phi) is 6.70. The summed E-state index contributed by atoms with van der Waals surface area (Å²) < 4.78 is 2.03. The molecule has 1 N–H and O–H groups in total. The van der Waals surface area contributed by atoms with Gasteiger partial charge in [0.2, 0.25) is 5.91 Å². The Morgan fingerprint density at radius 2 is 1.81 bits per heavy atom. The van der Waals surface area contributed by atoms with Gasteiger partial charge >= 0.3 is 0 Å². The van der Waals surface area contributed by atoms with Crippen molar-refractivity contribution >= 4 is 17.7 Å². The molecule has 6 nitrogen and oxygen atoms in total. The number of carbonyl (C=O) groups is 1. The lowest BCUT2D eigenvalue weighted by Crippen LogP contribution is -2.38. The Morgan fingerprint density at radius 3 is 2.52 bits per heavy atom. The van der Waals surface area contributed by atoms with Crippen molar-refractivity contribution in [3.8, 4) is 17.1 Å². The van der Waals surface area contributed by atoms with Gasteiger partial charge in [0.05, 0.1) is 11.4 Å². The molecule has 1 saturated carbocycles. The quantitative estimate of drug-likeness (QED) is 0.567. The monoisotopic (exact) mass is 435 g/mol. The van der Waals surface area contributed by atoms with E-state index in [-0.39, 0.29) is 5.91 Å². The van der Waals surface area contributed by atoms with Crippen LogP contribution >= 0.6 is 11.8 Å². The Bertz CT molecular complexity index is 1040. The van der Waals surface area contributed by atoms with Crippen molar-refractivity contribution < 1.29 is 4.79 Å². The zero-order valence-electron chi connectivity index (χ0n) is 18.3. The zero-order valence-corrected chi connectivity index (χ0v) is 19.2. The number of aromatic nitrogens is 4. The average Bonchev–Trinajstić information content (AvgIpc) is 3.20. The molecule has 0 aliphatic heterocycles. The Balaban J connectivity index is 1.55. The lowest BCUT2D eigenvalue weighted by molar-refractivity contribution is -0.119. The normalized spacial score (nSPS) is 18.7. The Morgan fingerprint density at radius 1 is 1.06 bits per heavy atom. The van der Waals surface area contributed by atoms with Crippen molar-refractivity contribution in [3.05, 3.63) is 53.9 Å². The first-order valence-corrected chi connectivity index (χ1v) is 11.9. The lowest BCUT2D eigenvalue weighted by atomic mass is 9.87. The summed E-state index contributed by atoms with van der Waals surface area (Å²) in [7, 11) is 0. The largest absolute Gasteiger partial charge is 0.353 e. The fraction of sp³-hybridized carbons (Fsp3) is 0.417. The highest BCUT2D eigenvalue weighted by molar-refractivity contribution is 7.99. The molecule has 162 valence electrons. The number of nitrogens with zero attached hydrogens (tertiary/aromatic N) is 4. The van der Waals surface area contributed by atoms with Crippen molar-refractivity contribution in [2.75, 3.05) is 5.75 Å². The van der Waals surface area contributed by atoms with E-state index in [9.17, 15) is 4.79 Å². The van der Waals surface area contributed by atoms with Crippen LogP contribution in [-0.2, 0) is 4.79 Å².